The maximum atomic E-state index is 8.43. The minimum Gasteiger partial charge on any atom is -0.492 e. The van der Waals surface area contributed by atoms with E-state index in [2.05, 4.69) is 43.2 Å². The van der Waals surface area contributed by atoms with Gasteiger partial charge in [-0.05, 0) is 56.5 Å². The van der Waals surface area contributed by atoms with Crippen LogP contribution in [0.25, 0.3) is 0 Å². The molecule has 1 aromatic rings. The summed E-state index contributed by atoms with van der Waals surface area (Å²) >= 11 is 6.97. The van der Waals surface area contributed by atoms with E-state index in [0.29, 0.717) is 19.6 Å². The summed E-state index contributed by atoms with van der Waals surface area (Å²) in [4.78, 5) is 0. The Morgan fingerprint density at radius 1 is 1.35 bits per heavy atom. The summed E-state index contributed by atoms with van der Waals surface area (Å²) in [6.07, 6.45) is 0.527. The highest BCUT2D eigenvalue weighted by Crippen LogP contribution is 2.34. The van der Waals surface area contributed by atoms with Gasteiger partial charge in [0.2, 0.25) is 0 Å². The van der Waals surface area contributed by atoms with E-state index < -0.39 is 0 Å². The molecule has 0 unspecified atom stereocenters. The van der Waals surface area contributed by atoms with Crippen LogP contribution in [-0.2, 0) is 6.54 Å². The fourth-order valence-electron chi connectivity index (χ4n) is 1.37. The average molecular weight is 362 g/mol. The second kappa shape index (κ2) is 7.70. The van der Waals surface area contributed by atoms with Crippen LogP contribution in [0.4, 0.5) is 0 Å². The number of benzene rings is 1. The molecule has 92 valence electrons. The first-order chi connectivity index (χ1) is 8.19. The van der Waals surface area contributed by atoms with Crippen LogP contribution in [-0.4, -0.2) is 13.2 Å². The van der Waals surface area contributed by atoms with Crippen LogP contribution in [0.15, 0.2) is 21.1 Å². The van der Waals surface area contributed by atoms with Crippen molar-refractivity contribution >= 4 is 31.9 Å². The molecule has 3 nitrogen and oxygen atoms in total. The Bertz CT molecular complexity index is 392. The van der Waals surface area contributed by atoms with Crippen LogP contribution >= 0.6 is 31.9 Å². The van der Waals surface area contributed by atoms with E-state index in [4.69, 9.17) is 10.00 Å². The molecule has 1 aromatic carbocycles. The lowest BCUT2D eigenvalue weighted by atomic mass is 10.2. The molecule has 17 heavy (non-hydrogen) atoms. The highest BCUT2D eigenvalue weighted by molar-refractivity contribution is 9.11. The average Bonchev–Trinajstić information content (AvgIpc) is 2.29. The van der Waals surface area contributed by atoms with Crippen molar-refractivity contribution in [3.63, 3.8) is 0 Å². The SMILES string of the molecule is CCOc1c(Br)cc(CNCCC#N)cc1Br. The zero-order valence-electron chi connectivity index (χ0n) is 9.59. The molecule has 0 radical (unpaired) electrons. The van der Waals surface area contributed by atoms with E-state index in [9.17, 15) is 0 Å². The van der Waals surface area contributed by atoms with Gasteiger partial charge in [-0.15, -0.1) is 0 Å². The molecule has 0 spiro atoms. The monoisotopic (exact) mass is 360 g/mol. The van der Waals surface area contributed by atoms with Crippen molar-refractivity contribution in [2.45, 2.75) is 19.9 Å². The van der Waals surface area contributed by atoms with Crippen molar-refractivity contribution in [3.05, 3.63) is 26.6 Å². The van der Waals surface area contributed by atoms with E-state index >= 15 is 0 Å². The molecule has 0 saturated heterocycles. The maximum Gasteiger partial charge on any atom is 0.147 e. The van der Waals surface area contributed by atoms with Gasteiger partial charge in [0.1, 0.15) is 5.75 Å². The molecule has 0 aliphatic carbocycles. The van der Waals surface area contributed by atoms with Gasteiger partial charge in [-0.2, -0.15) is 5.26 Å². The van der Waals surface area contributed by atoms with E-state index in [-0.39, 0.29) is 0 Å². The highest BCUT2D eigenvalue weighted by Gasteiger charge is 2.08. The number of nitrogens with one attached hydrogen (secondary N) is 1. The molecule has 0 heterocycles. The Labute approximate surface area is 118 Å². The Hall–Kier alpha value is -0.570. The Balaban J connectivity index is 2.67. The van der Waals surface area contributed by atoms with Crippen LogP contribution in [0, 0.1) is 11.3 Å². The lowest BCUT2D eigenvalue weighted by Gasteiger charge is -2.11. The molecule has 0 fully saturated rings. The van der Waals surface area contributed by atoms with Gasteiger partial charge in [-0.1, -0.05) is 0 Å². The van der Waals surface area contributed by atoms with E-state index in [1.54, 1.807) is 0 Å². The quantitative estimate of drug-likeness (QED) is 0.787. The lowest BCUT2D eigenvalue weighted by Crippen LogP contribution is -2.14. The summed E-state index contributed by atoms with van der Waals surface area (Å²) in [6, 6.07) is 6.15. The van der Waals surface area contributed by atoms with Gasteiger partial charge in [0.05, 0.1) is 21.6 Å². The number of nitrogens with zero attached hydrogens (tertiary/aromatic N) is 1. The van der Waals surface area contributed by atoms with Crippen LogP contribution in [0.3, 0.4) is 0 Å². The largest absolute Gasteiger partial charge is 0.492 e. The Morgan fingerprint density at radius 3 is 2.53 bits per heavy atom. The zero-order chi connectivity index (χ0) is 12.7. The second-order valence-corrected chi connectivity index (χ2v) is 5.12. The topological polar surface area (TPSA) is 45.0 Å². The number of nitriles is 1. The number of ether oxygens (including phenoxy) is 1. The van der Waals surface area contributed by atoms with Crippen molar-refractivity contribution in [1.29, 1.82) is 5.26 Å². The van der Waals surface area contributed by atoms with Gasteiger partial charge in [-0.25, -0.2) is 0 Å². The molecular weight excluding hydrogens is 348 g/mol. The summed E-state index contributed by atoms with van der Waals surface area (Å²) in [6.45, 7) is 4.04. The first-order valence-electron chi connectivity index (χ1n) is 5.37. The van der Waals surface area contributed by atoms with Crippen molar-refractivity contribution in [3.8, 4) is 11.8 Å². The molecule has 0 aliphatic heterocycles. The number of halogens is 2. The molecule has 5 heteroatoms. The van der Waals surface area contributed by atoms with E-state index in [1.165, 1.54) is 0 Å². The minimum absolute atomic E-state index is 0.527. The van der Waals surface area contributed by atoms with E-state index in [0.717, 1.165) is 26.8 Å². The number of hydrogen-bond acceptors (Lipinski definition) is 3. The van der Waals surface area contributed by atoms with Gasteiger partial charge in [0.15, 0.2) is 0 Å². The smallest absolute Gasteiger partial charge is 0.147 e. The molecular formula is C12H14Br2N2O. The Kier molecular flexibility index (Phi) is 6.56. The summed E-state index contributed by atoms with van der Waals surface area (Å²) in [7, 11) is 0. The van der Waals surface area contributed by atoms with Crippen LogP contribution in [0.1, 0.15) is 18.9 Å². The minimum atomic E-state index is 0.527. The molecule has 0 aliphatic rings. The van der Waals surface area contributed by atoms with Crippen molar-refractivity contribution in [2.24, 2.45) is 0 Å². The van der Waals surface area contributed by atoms with Crippen LogP contribution in [0.2, 0.25) is 0 Å². The molecule has 1 N–H and O–H groups in total. The predicted molar refractivity (Wildman–Crippen MR) is 74.9 cm³/mol. The molecule has 0 aromatic heterocycles. The fraction of sp³-hybridized carbons (Fsp3) is 0.417. The summed E-state index contributed by atoms with van der Waals surface area (Å²) in [5.41, 5.74) is 1.14. The van der Waals surface area contributed by atoms with Crippen molar-refractivity contribution in [2.75, 3.05) is 13.2 Å². The van der Waals surface area contributed by atoms with Gasteiger partial charge in [0, 0.05) is 19.5 Å². The standard InChI is InChI=1S/C12H14Br2N2O/c1-2-17-12-10(13)6-9(7-11(12)14)8-16-5-3-4-15/h6-7,16H,2-3,5,8H2,1H3. The summed E-state index contributed by atoms with van der Waals surface area (Å²) < 4.78 is 7.38. The molecule has 0 bridgehead atoms. The third-order valence-corrected chi connectivity index (χ3v) is 3.27. The third-order valence-electron chi connectivity index (χ3n) is 2.09. The van der Waals surface area contributed by atoms with Crippen LogP contribution < -0.4 is 10.1 Å². The maximum absolute atomic E-state index is 8.43. The first-order valence-corrected chi connectivity index (χ1v) is 6.96. The van der Waals surface area contributed by atoms with E-state index in [1.807, 2.05) is 19.1 Å². The molecule has 1 rings (SSSR count). The van der Waals surface area contributed by atoms with Gasteiger partial charge in [-0.3, -0.25) is 0 Å². The number of hydrogen-bond donors (Lipinski definition) is 1. The van der Waals surface area contributed by atoms with Crippen molar-refractivity contribution < 1.29 is 4.74 Å². The molecule has 0 saturated carbocycles. The predicted octanol–water partition coefficient (Wildman–Crippen LogP) is 3.61. The van der Waals surface area contributed by atoms with Gasteiger partial charge in [0.25, 0.3) is 0 Å². The zero-order valence-corrected chi connectivity index (χ0v) is 12.8. The fourth-order valence-corrected chi connectivity index (χ4v) is 2.88. The number of rotatable bonds is 6. The summed E-state index contributed by atoms with van der Waals surface area (Å²) in [5.74, 6) is 0.827. The lowest BCUT2D eigenvalue weighted by molar-refractivity contribution is 0.336. The van der Waals surface area contributed by atoms with Gasteiger partial charge >= 0.3 is 0 Å². The highest BCUT2D eigenvalue weighted by atomic mass is 79.9. The first kappa shape index (κ1) is 14.5. The summed E-state index contributed by atoms with van der Waals surface area (Å²) in [5, 5.41) is 11.6. The third kappa shape index (κ3) is 4.66. The molecule has 0 atom stereocenters. The molecule has 0 amide bonds. The van der Waals surface area contributed by atoms with Crippen molar-refractivity contribution in [1.82, 2.24) is 5.32 Å². The van der Waals surface area contributed by atoms with Gasteiger partial charge < -0.3 is 10.1 Å². The Morgan fingerprint density at radius 2 is 2.00 bits per heavy atom. The second-order valence-electron chi connectivity index (χ2n) is 3.41. The normalized spacial score (nSPS) is 10.0. The van der Waals surface area contributed by atoms with Crippen LogP contribution in [0.5, 0.6) is 5.75 Å².